The fraction of sp³-hybridized carbons (Fsp3) is 0.818. The minimum atomic E-state index is -1.80. The van der Waals surface area contributed by atoms with E-state index in [4.69, 9.17) is 0 Å². The molecule has 0 aromatic carbocycles. The Morgan fingerprint density at radius 3 is 1.87 bits per heavy atom. The summed E-state index contributed by atoms with van der Waals surface area (Å²) >= 11 is 0. The molecule has 0 spiro atoms. The van der Waals surface area contributed by atoms with Crippen LogP contribution >= 0.6 is 0 Å². The maximum absolute atomic E-state index is 11.3. The maximum Gasteiger partial charge on any atom is 0.304 e. The number of carbonyl (C=O) groups excluding carboxylic acids is 1. The third-order valence-corrected chi connectivity index (χ3v) is 5.36. The van der Waals surface area contributed by atoms with Gasteiger partial charge in [0.2, 0.25) is 0 Å². The Morgan fingerprint density at radius 1 is 1.27 bits per heavy atom. The van der Waals surface area contributed by atoms with Crippen LogP contribution in [0.4, 0.5) is 0 Å². The highest BCUT2D eigenvalue weighted by Crippen LogP contribution is 2.42. The summed E-state index contributed by atoms with van der Waals surface area (Å²) in [7, 11) is -1.80. The van der Waals surface area contributed by atoms with E-state index in [0.29, 0.717) is 6.42 Å². The standard InChI is InChI=1S/C11H22O3Si/c1-8(12)7-11(2,3)9(10(13)14)15(4,5)6/h9H,7H2,1-6H3,(H,13,14)/t9-/m1/s1. The normalized spacial score (nSPS) is 14.8. The van der Waals surface area contributed by atoms with Gasteiger partial charge in [-0.25, -0.2) is 0 Å². The summed E-state index contributed by atoms with van der Waals surface area (Å²) in [5, 5.41) is 9.28. The predicted octanol–water partition coefficient (Wildman–Crippen LogP) is 2.78. The summed E-state index contributed by atoms with van der Waals surface area (Å²) < 4.78 is 0. The van der Waals surface area contributed by atoms with Gasteiger partial charge in [-0.2, -0.15) is 0 Å². The molecule has 88 valence electrons. The molecule has 0 aromatic heterocycles. The van der Waals surface area contributed by atoms with Crippen LogP contribution in [0.25, 0.3) is 0 Å². The Hall–Kier alpha value is -0.643. The summed E-state index contributed by atoms with van der Waals surface area (Å²) in [5.74, 6) is -0.704. The number of hydrogen-bond donors (Lipinski definition) is 1. The molecule has 0 heterocycles. The molecule has 0 rings (SSSR count). The molecule has 0 aliphatic rings. The van der Waals surface area contributed by atoms with Crippen molar-refractivity contribution in [3.05, 3.63) is 0 Å². The number of hydrogen-bond acceptors (Lipinski definition) is 2. The SMILES string of the molecule is CC(=O)CC(C)(C)[C@@H](C(=O)O)[Si](C)(C)C. The Balaban J connectivity index is 5.08. The second kappa shape index (κ2) is 4.47. The van der Waals surface area contributed by atoms with E-state index >= 15 is 0 Å². The molecule has 4 heteroatoms. The first kappa shape index (κ1) is 14.4. The van der Waals surface area contributed by atoms with Crippen LogP contribution in [0.5, 0.6) is 0 Å². The van der Waals surface area contributed by atoms with Crippen LogP contribution in [-0.2, 0) is 9.59 Å². The molecule has 0 bridgehead atoms. The lowest BCUT2D eigenvalue weighted by Crippen LogP contribution is -2.43. The van der Waals surface area contributed by atoms with Crippen LogP contribution in [-0.4, -0.2) is 24.9 Å². The third-order valence-electron chi connectivity index (χ3n) is 2.60. The highest BCUT2D eigenvalue weighted by Gasteiger charge is 2.44. The molecule has 0 aliphatic carbocycles. The number of Topliss-reactive ketones (excluding diaryl/α,β-unsaturated/α-hetero) is 1. The highest BCUT2D eigenvalue weighted by molar-refractivity contribution is 6.80. The molecule has 0 aliphatic heterocycles. The molecule has 15 heavy (non-hydrogen) atoms. The molecular formula is C11H22O3Si. The van der Waals surface area contributed by atoms with Gasteiger partial charge in [0.15, 0.2) is 0 Å². The van der Waals surface area contributed by atoms with Crippen LogP contribution in [0, 0.1) is 5.41 Å². The van der Waals surface area contributed by atoms with E-state index in [2.05, 4.69) is 0 Å². The van der Waals surface area contributed by atoms with Gasteiger partial charge in [-0.1, -0.05) is 33.5 Å². The quantitative estimate of drug-likeness (QED) is 0.739. The number of ketones is 1. The van der Waals surface area contributed by atoms with Crippen LogP contribution < -0.4 is 0 Å². The lowest BCUT2D eigenvalue weighted by molar-refractivity contribution is -0.139. The zero-order valence-corrected chi connectivity index (χ0v) is 11.5. The topological polar surface area (TPSA) is 54.4 Å². The average molecular weight is 230 g/mol. The second-order valence-corrected chi connectivity index (χ2v) is 11.3. The molecule has 1 atom stereocenters. The first-order valence-electron chi connectivity index (χ1n) is 5.20. The third kappa shape index (κ3) is 4.16. The number of carbonyl (C=O) groups is 2. The second-order valence-electron chi connectivity index (χ2n) is 6.00. The van der Waals surface area contributed by atoms with Gasteiger partial charge in [0, 0.05) is 6.42 Å². The molecule has 1 N–H and O–H groups in total. The largest absolute Gasteiger partial charge is 0.481 e. The molecule has 0 saturated heterocycles. The molecule has 0 aromatic rings. The van der Waals surface area contributed by atoms with Crippen molar-refractivity contribution in [1.82, 2.24) is 0 Å². The zero-order chi connectivity index (χ0) is 12.4. The molecule has 0 fully saturated rings. The molecule has 0 saturated carbocycles. The fourth-order valence-corrected chi connectivity index (χ4v) is 5.81. The van der Waals surface area contributed by atoms with Crippen molar-refractivity contribution >= 4 is 19.8 Å². The van der Waals surface area contributed by atoms with Gasteiger partial charge in [0.25, 0.3) is 0 Å². The lowest BCUT2D eigenvalue weighted by atomic mass is 9.83. The van der Waals surface area contributed by atoms with Gasteiger partial charge >= 0.3 is 5.97 Å². The van der Waals surface area contributed by atoms with Crippen molar-refractivity contribution in [3.63, 3.8) is 0 Å². The Bertz CT molecular complexity index is 263. The summed E-state index contributed by atoms with van der Waals surface area (Å²) in [6.07, 6.45) is 0.342. The van der Waals surface area contributed by atoms with Crippen molar-refractivity contribution in [2.75, 3.05) is 0 Å². The van der Waals surface area contributed by atoms with Crippen molar-refractivity contribution in [3.8, 4) is 0 Å². The van der Waals surface area contributed by atoms with Gasteiger partial charge < -0.3 is 9.90 Å². The smallest absolute Gasteiger partial charge is 0.304 e. The number of rotatable bonds is 5. The van der Waals surface area contributed by atoms with Crippen molar-refractivity contribution in [2.24, 2.45) is 5.41 Å². The van der Waals surface area contributed by atoms with Gasteiger partial charge in [-0.3, -0.25) is 4.79 Å². The Morgan fingerprint density at radius 2 is 1.67 bits per heavy atom. The van der Waals surface area contributed by atoms with Gasteiger partial charge in [0.05, 0.1) is 13.6 Å². The molecule has 3 nitrogen and oxygen atoms in total. The predicted molar refractivity (Wildman–Crippen MR) is 63.8 cm³/mol. The molecule has 0 radical (unpaired) electrons. The molecule has 0 unspecified atom stereocenters. The van der Waals surface area contributed by atoms with E-state index in [1.807, 2.05) is 33.5 Å². The average Bonchev–Trinajstić information content (AvgIpc) is 1.74. The first-order valence-corrected chi connectivity index (χ1v) is 8.78. The van der Waals surface area contributed by atoms with E-state index in [1.165, 1.54) is 6.92 Å². The minimum Gasteiger partial charge on any atom is -0.481 e. The highest BCUT2D eigenvalue weighted by atomic mass is 28.3. The van der Waals surface area contributed by atoms with Crippen LogP contribution in [0.2, 0.25) is 25.2 Å². The summed E-state index contributed by atoms with van der Waals surface area (Å²) in [5.41, 5.74) is -0.823. The summed E-state index contributed by atoms with van der Waals surface area (Å²) in [6.45, 7) is 11.4. The monoisotopic (exact) mass is 230 g/mol. The minimum absolute atomic E-state index is 0.0597. The first-order chi connectivity index (χ1) is 6.48. The number of carboxylic acid groups (broad SMARTS) is 1. The van der Waals surface area contributed by atoms with Gasteiger partial charge in [-0.15, -0.1) is 0 Å². The van der Waals surface area contributed by atoms with Crippen molar-refractivity contribution in [2.45, 2.75) is 52.4 Å². The van der Waals surface area contributed by atoms with Gasteiger partial charge in [-0.05, 0) is 12.3 Å². The Kier molecular flexibility index (Phi) is 4.28. The number of aliphatic carboxylic acids is 1. The molecular weight excluding hydrogens is 208 g/mol. The van der Waals surface area contributed by atoms with E-state index in [-0.39, 0.29) is 11.3 Å². The number of carboxylic acids is 1. The van der Waals surface area contributed by atoms with Crippen LogP contribution in [0.1, 0.15) is 27.2 Å². The maximum atomic E-state index is 11.3. The van der Waals surface area contributed by atoms with E-state index in [1.54, 1.807) is 0 Å². The van der Waals surface area contributed by atoms with Gasteiger partial charge in [0.1, 0.15) is 5.78 Å². The van der Waals surface area contributed by atoms with Crippen molar-refractivity contribution < 1.29 is 14.7 Å². The fourth-order valence-electron chi connectivity index (χ4n) is 2.62. The van der Waals surface area contributed by atoms with E-state index < -0.39 is 19.5 Å². The summed E-state index contributed by atoms with van der Waals surface area (Å²) in [4.78, 5) is 22.4. The van der Waals surface area contributed by atoms with E-state index in [0.717, 1.165) is 0 Å². The van der Waals surface area contributed by atoms with Crippen LogP contribution in [0.15, 0.2) is 0 Å². The lowest BCUT2D eigenvalue weighted by Gasteiger charge is -2.38. The van der Waals surface area contributed by atoms with Crippen LogP contribution in [0.3, 0.4) is 0 Å². The molecule has 0 amide bonds. The zero-order valence-electron chi connectivity index (χ0n) is 10.5. The van der Waals surface area contributed by atoms with E-state index in [9.17, 15) is 14.7 Å². The Labute approximate surface area is 92.9 Å². The van der Waals surface area contributed by atoms with Crippen molar-refractivity contribution in [1.29, 1.82) is 0 Å². The summed E-state index contributed by atoms with van der Waals surface area (Å²) in [6, 6.07) is 0.